The number of pyridine rings is 1. The van der Waals surface area contributed by atoms with Crippen LogP contribution in [0.25, 0.3) is 0 Å². The minimum Gasteiger partial charge on any atom is -0.483 e. The summed E-state index contributed by atoms with van der Waals surface area (Å²) < 4.78 is 40.3. The van der Waals surface area contributed by atoms with Gasteiger partial charge in [-0.15, -0.1) is 0 Å². The summed E-state index contributed by atoms with van der Waals surface area (Å²) in [6, 6.07) is 12.1. The predicted molar refractivity (Wildman–Crippen MR) is 124 cm³/mol. The Balaban J connectivity index is 1.49. The number of hydrogen-bond acceptors (Lipinski definition) is 5. The van der Waals surface area contributed by atoms with Gasteiger partial charge in [0.05, 0.1) is 13.2 Å². The van der Waals surface area contributed by atoms with Gasteiger partial charge in [0.2, 0.25) is 5.43 Å². The molecule has 0 radical (unpaired) electrons. The smallest absolute Gasteiger partial charge is 0.276 e. The second-order valence-corrected chi connectivity index (χ2v) is 8.57. The highest BCUT2D eigenvalue weighted by atomic mass is 19.1. The quantitative estimate of drug-likeness (QED) is 0.568. The first-order valence-corrected chi connectivity index (χ1v) is 11.5. The van der Waals surface area contributed by atoms with E-state index in [-0.39, 0.29) is 42.3 Å². The average molecular weight is 495 g/mol. The summed E-state index contributed by atoms with van der Waals surface area (Å²) in [4.78, 5) is 41.3. The lowest BCUT2D eigenvalue weighted by Gasteiger charge is -2.40. The molecule has 0 bridgehead atoms. The number of hydrogen-bond donors (Lipinski definition) is 1. The molecule has 1 fully saturated rings. The average Bonchev–Trinajstić information content (AvgIpc) is 2.88. The summed E-state index contributed by atoms with van der Waals surface area (Å²) >= 11 is 0. The maximum absolute atomic E-state index is 14.0. The lowest BCUT2D eigenvalue weighted by atomic mass is 10.1. The van der Waals surface area contributed by atoms with Crippen molar-refractivity contribution in [1.29, 1.82) is 0 Å². The van der Waals surface area contributed by atoms with Gasteiger partial charge in [0.15, 0.2) is 17.7 Å². The summed E-state index contributed by atoms with van der Waals surface area (Å²) in [7, 11) is 0. The first-order valence-electron chi connectivity index (χ1n) is 11.5. The first-order chi connectivity index (χ1) is 17.4. The third kappa shape index (κ3) is 4.59. The van der Waals surface area contributed by atoms with Crippen LogP contribution in [-0.4, -0.2) is 40.7 Å². The molecule has 0 unspecified atom stereocenters. The summed E-state index contributed by atoms with van der Waals surface area (Å²) in [6.45, 7) is 0.960. The van der Waals surface area contributed by atoms with Crippen LogP contribution < -0.4 is 15.5 Å². The summed E-state index contributed by atoms with van der Waals surface area (Å²) in [5.41, 5.74) is -0.122. The molecule has 2 aliphatic heterocycles. The Bertz CT molecular complexity index is 1380. The Morgan fingerprint density at radius 2 is 1.94 bits per heavy atom. The van der Waals surface area contributed by atoms with Gasteiger partial charge in [0.1, 0.15) is 23.8 Å². The van der Waals surface area contributed by atoms with E-state index in [0.717, 1.165) is 11.6 Å². The number of rotatable bonds is 6. The molecule has 1 atom stereocenters. The monoisotopic (exact) mass is 495 g/mol. The first kappa shape index (κ1) is 23.7. The highest BCUT2D eigenvalue weighted by molar-refractivity contribution is 5.99. The number of nitrogens with zero attached hydrogens (tertiary/aromatic N) is 2. The number of amides is 2. The van der Waals surface area contributed by atoms with E-state index in [9.17, 15) is 23.2 Å². The second-order valence-electron chi connectivity index (χ2n) is 8.57. The van der Waals surface area contributed by atoms with Crippen LogP contribution in [0.2, 0.25) is 0 Å². The van der Waals surface area contributed by atoms with E-state index in [2.05, 4.69) is 5.32 Å². The van der Waals surface area contributed by atoms with Crippen molar-refractivity contribution in [3.05, 3.63) is 99.0 Å². The van der Waals surface area contributed by atoms with Crippen LogP contribution in [0.3, 0.4) is 0 Å². The van der Waals surface area contributed by atoms with E-state index in [0.29, 0.717) is 25.6 Å². The molecule has 5 rings (SSSR count). The fourth-order valence-electron chi connectivity index (χ4n) is 4.34. The Kier molecular flexibility index (Phi) is 6.51. The lowest BCUT2D eigenvalue weighted by molar-refractivity contribution is -0.0920. The zero-order valence-electron chi connectivity index (χ0n) is 19.2. The fraction of sp³-hybridized carbons (Fsp3) is 0.269. The van der Waals surface area contributed by atoms with Gasteiger partial charge in [0.25, 0.3) is 11.8 Å². The number of nitrogens with one attached hydrogen (secondary N) is 1. The number of aromatic nitrogens is 1. The Morgan fingerprint density at radius 1 is 1.14 bits per heavy atom. The molecule has 2 aromatic carbocycles. The second kappa shape index (κ2) is 9.90. The molecular weight excluding hydrogens is 472 g/mol. The highest BCUT2D eigenvalue weighted by Crippen LogP contribution is 2.27. The van der Waals surface area contributed by atoms with Crippen molar-refractivity contribution in [2.45, 2.75) is 32.3 Å². The number of ether oxygens (including phenoxy) is 2. The van der Waals surface area contributed by atoms with E-state index in [4.69, 9.17) is 9.47 Å². The van der Waals surface area contributed by atoms with Crippen molar-refractivity contribution in [3.63, 3.8) is 0 Å². The molecular formula is C26H23F2N3O5. The molecule has 1 N–H and O–H groups in total. The molecule has 1 saturated heterocycles. The van der Waals surface area contributed by atoms with Crippen LogP contribution in [0, 0.1) is 11.6 Å². The van der Waals surface area contributed by atoms with Crippen LogP contribution in [0.1, 0.15) is 38.4 Å². The molecule has 1 aromatic heterocycles. The van der Waals surface area contributed by atoms with Crippen molar-refractivity contribution in [2.75, 3.05) is 13.2 Å². The standard InChI is InChI=1S/C26H23F2N3O5/c27-18-8-7-17(20(28)11-18)12-29-25(33)19-13-30-14-21-31(9-4-10-35-21)26(34)22(30)24(23(19)32)36-15-16-5-2-1-3-6-16/h1-3,5-8,11,13,21H,4,9-10,12,14-15H2,(H,29,33)/t21-/m0/s1. The van der Waals surface area contributed by atoms with E-state index < -0.39 is 35.1 Å². The lowest BCUT2D eigenvalue weighted by Crippen LogP contribution is -2.53. The zero-order valence-corrected chi connectivity index (χ0v) is 19.2. The number of halogens is 2. The molecule has 2 aliphatic rings. The molecule has 2 amide bonds. The van der Waals surface area contributed by atoms with Gasteiger partial charge in [-0.3, -0.25) is 14.4 Å². The topological polar surface area (TPSA) is 89.9 Å². The van der Waals surface area contributed by atoms with E-state index in [1.54, 1.807) is 4.90 Å². The van der Waals surface area contributed by atoms with Gasteiger partial charge < -0.3 is 24.3 Å². The van der Waals surface area contributed by atoms with Crippen LogP contribution in [-0.2, 0) is 24.4 Å². The maximum atomic E-state index is 14.0. The van der Waals surface area contributed by atoms with Crippen molar-refractivity contribution in [2.24, 2.45) is 0 Å². The number of carbonyl (C=O) groups is 2. The molecule has 3 heterocycles. The third-order valence-corrected chi connectivity index (χ3v) is 6.18. The minimum absolute atomic E-state index is 0.0160. The van der Waals surface area contributed by atoms with Gasteiger partial charge in [-0.1, -0.05) is 36.4 Å². The van der Waals surface area contributed by atoms with Crippen molar-refractivity contribution >= 4 is 11.8 Å². The van der Waals surface area contributed by atoms with Crippen LogP contribution in [0.4, 0.5) is 8.78 Å². The SMILES string of the molecule is O=C(NCc1ccc(F)cc1F)c1cn2c(c(OCc3ccccc3)c1=O)C(=O)N1CCCO[C@H]1C2. The van der Waals surface area contributed by atoms with E-state index in [1.165, 1.54) is 16.8 Å². The predicted octanol–water partition coefficient (Wildman–Crippen LogP) is 2.84. The van der Waals surface area contributed by atoms with Gasteiger partial charge in [-0.2, -0.15) is 0 Å². The molecule has 0 aliphatic carbocycles. The summed E-state index contributed by atoms with van der Waals surface area (Å²) in [6.07, 6.45) is 1.46. The zero-order chi connectivity index (χ0) is 25.2. The molecule has 3 aromatic rings. The van der Waals surface area contributed by atoms with Crippen LogP contribution in [0.5, 0.6) is 5.75 Å². The molecule has 36 heavy (non-hydrogen) atoms. The van der Waals surface area contributed by atoms with E-state index >= 15 is 0 Å². The number of carbonyl (C=O) groups excluding carboxylic acids is 2. The largest absolute Gasteiger partial charge is 0.483 e. The summed E-state index contributed by atoms with van der Waals surface area (Å²) in [5, 5.41) is 2.49. The van der Waals surface area contributed by atoms with Crippen LogP contribution in [0.15, 0.2) is 59.5 Å². The molecule has 0 saturated carbocycles. The number of fused-ring (bicyclic) bond motifs is 2. The molecule has 0 spiro atoms. The van der Waals surface area contributed by atoms with Crippen molar-refractivity contribution < 1.29 is 27.8 Å². The molecule has 186 valence electrons. The van der Waals surface area contributed by atoms with Crippen LogP contribution >= 0.6 is 0 Å². The molecule has 8 nitrogen and oxygen atoms in total. The van der Waals surface area contributed by atoms with Gasteiger partial charge in [-0.25, -0.2) is 8.78 Å². The Labute approximate surface area is 205 Å². The number of benzene rings is 2. The molecule has 10 heteroatoms. The van der Waals surface area contributed by atoms with Crippen molar-refractivity contribution in [3.8, 4) is 5.75 Å². The summed E-state index contributed by atoms with van der Waals surface area (Å²) in [5.74, 6) is -2.97. The minimum atomic E-state index is -0.815. The fourth-order valence-corrected chi connectivity index (χ4v) is 4.34. The third-order valence-electron chi connectivity index (χ3n) is 6.18. The Hall–Kier alpha value is -4.05. The van der Waals surface area contributed by atoms with Crippen molar-refractivity contribution in [1.82, 2.24) is 14.8 Å². The normalized spacial score (nSPS) is 16.8. The van der Waals surface area contributed by atoms with Gasteiger partial charge in [0, 0.05) is 30.9 Å². The van der Waals surface area contributed by atoms with E-state index in [1.807, 2.05) is 30.3 Å². The highest BCUT2D eigenvalue weighted by Gasteiger charge is 2.38. The van der Waals surface area contributed by atoms with Gasteiger partial charge >= 0.3 is 0 Å². The maximum Gasteiger partial charge on any atom is 0.276 e. The Morgan fingerprint density at radius 3 is 2.72 bits per heavy atom. The van der Waals surface area contributed by atoms with Gasteiger partial charge in [-0.05, 0) is 18.1 Å².